The number of amides is 1. The smallest absolute Gasteiger partial charge is 0.238 e. The topological polar surface area (TPSA) is 89.3 Å². The molecule has 1 heterocycles. The highest BCUT2D eigenvalue weighted by molar-refractivity contribution is 7.13. The van der Waals surface area contributed by atoms with E-state index in [9.17, 15) is 4.79 Å². The number of nitrogens with one attached hydrogen (secondary N) is 2. The van der Waals surface area contributed by atoms with Gasteiger partial charge in [-0.3, -0.25) is 4.79 Å². The van der Waals surface area contributed by atoms with Crippen LogP contribution in [0.1, 0.15) is 5.56 Å². The molecule has 3 rings (SSSR count). The molecule has 6 nitrogen and oxygen atoms in total. The summed E-state index contributed by atoms with van der Waals surface area (Å²) >= 11 is 1.40. The van der Waals surface area contributed by atoms with Crippen LogP contribution in [0.5, 0.6) is 5.75 Å². The number of ether oxygens (including phenoxy) is 1. The minimum atomic E-state index is -0.0934. The number of carbonyl (C=O) groups excluding carboxylic acids is 1. The maximum atomic E-state index is 12.0. The fourth-order valence-electron chi connectivity index (χ4n) is 2.41. The molecule has 0 fully saturated rings. The summed E-state index contributed by atoms with van der Waals surface area (Å²) in [5.41, 5.74) is 9.29. The van der Waals surface area contributed by atoms with Crippen molar-refractivity contribution in [2.75, 3.05) is 24.7 Å². The number of carbonyl (C=O) groups is 1. The molecular formula is C19H20N4O2S. The van der Waals surface area contributed by atoms with Crippen LogP contribution in [-0.2, 0) is 11.3 Å². The maximum absolute atomic E-state index is 12.0. The van der Waals surface area contributed by atoms with Gasteiger partial charge >= 0.3 is 0 Å². The van der Waals surface area contributed by atoms with E-state index >= 15 is 0 Å². The Kier molecular flexibility index (Phi) is 5.83. The molecule has 0 saturated carbocycles. The predicted molar refractivity (Wildman–Crippen MR) is 105 cm³/mol. The van der Waals surface area contributed by atoms with Gasteiger partial charge in [-0.15, -0.1) is 11.3 Å². The van der Waals surface area contributed by atoms with Gasteiger partial charge in [-0.2, -0.15) is 0 Å². The number of nitrogen functional groups attached to an aromatic ring is 1. The molecule has 7 heteroatoms. The van der Waals surface area contributed by atoms with Crippen molar-refractivity contribution in [1.29, 1.82) is 0 Å². The third-order valence-corrected chi connectivity index (χ3v) is 4.43. The van der Waals surface area contributed by atoms with E-state index < -0.39 is 0 Å². The van der Waals surface area contributed by atoms with E-state index in [1.54, 1.807) is 7.11 Å². The van der Waals surface area contributed by atoms with E-state index in [1.807, 2.05) is 53.9 Å². The standard InChI is InChI=1S/C19H20N4O2S/c1-25-16-8-2-13(3-9-16)10-21-11-18(24)22-15-6-4-14(5-7-15)17-12-26-19(20)23-17/h2-9,12,21H,10-11H2,1H3,(H2,20,23)(H,22,24). The van der Waals surface area contributed by atoms with Gasteiger partial charge in [0.1, 0.15) is 5.75 Å². The van der Waals surface area contributed by atoms with Crippen molar-refractivity contribution in [2.45, 2.75) is 6.54 Å². The zero-order valence-corrected chi connectivity index (χ0v) is 15.2. The van der Waals surface area contributed by atoms with Gasteiger partial charge in [0, 0.05) is 23.2 Å². The van der Waals surface area contributed by atoms with Crippen LogP contribution in [0, 0.1) is 0 Å². The zero-order chi connectivity index (χ0) is 18.4. The molecule has 0 aliphatic heterocycles. The number of nitrogens with two attached hydrogens (primary N) is 1. The fraction of sp³-hybridized carbons (Fsp3) is 0.158. The SMILES string of the molecule is COc1ccc(CNCC(=O)Nc2ccc(-c3csc(N)n3)cc2)cc1. The van der Waals surface area contributed by atoms with Crippen LogP contribution in [0.25, 0.3) is 11.3 Å². The van der Waals surface area contributed by atoms with Crippen molar-refractivity contribution in [1.82, 2.24) is 10.3 Å². The molecule has 0 unspecified atom stereocenters. The van der Waals surface area contributed by atoms with Gasteiger partial charge in [0.25, 0.3) is 0 Å². The minimum Gasteiger partial charge on any atom is -0.497 e. The van der Waals surface area contributed by atoms with Crippen molar-refractivity contribution in [3.05, 3.63) is 59.5 Å². The van der Waals surface area contributed by atoms with Crippen LogP contribution in [0.3, 0.4) is 0 Å². The first-order chi connectivity index (χ1) is 12.6. The molecule has 0 aliphatic rings. The Morgan fingerprint density at radius 1 is 1.15 bits per heavy atom. The molecule has 0 radical (unpaired) electrons. The van der Waals surface area contributed by atoms with Gasteiger partial charge in [-0.05, 0) is 29.8 Å². The molecule has 0 aliphatic carbocycles. The molecule has 0 spiro atoms. The summed E-state index contributed by atoms with van der Waals surface area (Å²) in [6.07, 6.45) is 0. The Morgan fingerprint density at radius 2 is 1.88 bits per heavy atom. The number of hydrogen-bond donors (Lipinski definition) is 3. The lowest BCUT2D eigenvalue weighted by molar-refractivity contribution is -0.115. The molecular weight excluding hydrogens is 348 g/mol. The Labute approximate surface area is 156 Å². The molecule has 26 heavy (non-hydrogen) atoms. The van der Waals surface area contributed by atoms with Crippen LogP contribution in [0.15, 0.2) is 53.9 Å². The summed E-state index contributed by atoms with van der Waals surface area (Å²) in [5, 5.41) is 8.44. The van der Waals surface area contributed by atoms with Crippen molar-refractivity contribution >= 4 is 28.1 Å². The van der Waals surface area contributed by atoms with E-state index in [0.717, 1.165) is 28.3 Å². The van der Waals surface area contributed by atoms with Gasteiger partial charge in [-0.1, -0.05) is 24.3 Å². The monoisotopic (exact) mass is 368 g/mol. The molecule has 1 aromatic heterocycles. The van der Waals surface area contributed by atoms with Gasteiger partial charge in [0.05, 0.1) is 19.3 Å². The minimum absolute atomic E-state index is 0.0934. The molecule has 2 aromatic carbocycles. The fourth-order valence-corrected chi connectivity index (χ4v) is 2.99. The Morgan fingerprint density at radius 3 is 2.50 bits per heavy atom. The lowest BCUT2D eigenvalue weighted by Gasteiger charge is -2.08. The molecule has 0 saturated heterocycles. The van der Waals surface area contributed by atoms with Crippen LogP contribution in [0.4, 0.5) is 10.8 Å². The third kappa shape index (κ3) is 4.81. The van der Waals surface area contributed by atoms with Crippen molar-refractivity contribution in [2.24, 2.45) is 0 Å². The van der Waals surface area contributed by atoms with Crippen molar-refractivity contribution in [3.8, 4) is 17.0 Å². The van der Waals surface area contributed by atoms with E-state index in [-0.39, 0.29) is 12.5 Å². The predicted octanol–water partition coefficient (Wildman–Crippen LogP) is 3.13. The summed E-state index contributed by atoms with van der Waals surface area (Å²) in [6, 6.07) is 15.3. The van der Waals surface area contributed by atoms with Crippen LogP contribution in [0.2, 0.25) is 0 Å². The highest BCUT2D eigenvalue weighted by Crippen LogP contribution is 2.24. The number of hydrogen-bond acceptors (Lipinski definition) is 6. The second-order valence-corrected chi connectivity index (χ2v) is 6.54. The average Bonchev–Trinajstić information content (AvgIpc) is 3.09. The van der Waals surface area contributed by atoms with E-state index in [1.165, 1.54) is 11.3 Å². The normalized spacial score (nSPS) is 10.5. The highest BCUT2D eigenvalue weighted by atomic mass is 32.1. The first-order valence-electron chi connectivity index (χ1n) is 8.09. The van der Waals surface area contributed by atoms with E-state index in [2.05, 4.69) is 15.6 Å². The first-order valence-corrected chi connectivity index (χ1v) is 8.97. The molecule has 1 amide bonds. The summed E-state index contributed by atoms with van der Waals surface area (Å²) in [7, 11) is 1.64. The van der Waals surface area contributed by atoms with Crippen LogP contribution >= 0.6 is 11.3 Å². The largest absolute Gasteiger partial charge is 0.497 e. The number of aromatic nitrogens is 1. The Hall–Kier alpha value is -2.90. The number of nitrogens with zero attached hydrogens (tertiary/aromatic N) is 1. The van der Waals surface area contributed by atoms with Gasteiger partial charge in [0.15, 0.2) is 5.13 Å². The van der Waals surface area contributed by atoms with Crippen molar-refractivity contribution in [3.63, 3.8) is 0 Å². The third-order valence-electron chi connectivity index (χ3n) is 3.76. The summed E-state index contributed by atoms with van der Waals surface area (Å²) in [4.78, 5) is 16.3. The summed E-state index contributed by atoms with van der Waals surface area (Å²) in [5.74, 6) is 0.722. The van der Waals surface area contributed by atoms with Crippen LogP contribution < -0.4 is 21.1 Å². The average molecular weight is 368 g/mol. The maximum Gasteiger partial charge on any atom is 0.238 e. The number of rotatable bonds is 7. The second kappa shape index (κ2) is 8.46. The lowest BCUT2D eigenvalue weighted by atomic mass is 10.1. The molecule has 0 atom stereocenters. The van der Waals surface area contributed by atoms with Crippen molar-refractivity contribution < 1.29 is 9.53 Å². The van der Waals surface area contributed by atoms with E-state index in [0.29, 0.717) is 11.7 Å². The Bertz CT molecular complexity index is 860. The van der Waals surface area contributed by atoms with Gasteiger partial charge in [0.2, 0.25) is 5.91 Å². The number of thiazole rings is 1. The molecule has 134 valence electrons. The summed E-state index contributed by atoms with van der Waals surface area (Å²) < 4.78 is 5.12. The number of methoxy groups -OCH3 is 1. The number of benzene rings is 2. The Balaban J connectivity index is 1.46. The van der Waals surface area contributed by atoms with Gasteiger partial charge in [-0.25, -0.2) is 4.98 Å². The van der Waals surface area contributed by atoms with Gasteiger partial charge < -0.3 is 21.1 Å². The quantitative estimate of drug-likeness (QED) is 0.596. The summed E-state index contributed by atoms with van der Waals surface area (Å²) in [6.45, 7) is 0.845. The number of anilines is 2. The van der Waals surface area contributed by atoms with E-state index in [4.69, 9.17) is 10.5 Å². The highest BCUT2D eigenvalue weighted by Gasteiger charge is 2.05. The zero-order valence-electron chi connectivity index (χ0n) is 14.4. The van der Waals surface area contributed by atoms with Crippen LogP contribution in [-0.4, -0.2) is 24.5 Å². The second-order valence-electron chi connectivity index (χ2n) is 5.65. The molecule has 3 aromatic rings. The molecule has 4 N–H and O–H groups in total. The molecule has 0 bridgehead atoms. The first kappa shape index (κ1) is 17.9. The lowest BCUT2D eigenvalue weighted by Crippen LogP contribution is -2.27.